The van der Waals surface area contributed by atoms with Crippen molar-refractivity contribution in [1.82, 2.24) is 0 Å². The van der Waals surface area contributed by atoms with Gasteiger partial charge in [-0.15, -0.1) is 0 Å². The largest absolute Gasteiger partial charge is 0.481 e. The molecule has 0 rings (SSSR count). The summed E-state index contributed by atoms with van der Waals surface area (Å²) in [6.45, 7) is 3.35. The van der Waals surface area contributed by atoms with Crippen LogP contribution in [-0.2, 0) is 4.79 Å². The summed E-state index contributed by atoms with van der Waals surface area (Å²) in [7, 11) is 0. The lowest BCUT2D eigenvalue weighted by Crippen LogP contribution is -2.36. The molecule has 0 heterocycles. The highest BCUT2D eigenvalue weighted by atomic mass is 16.4. The maximum absolute atomic E-state index is 10.6. The van der Waals surface area contributed by atoms with E-state index in [1.807, 2.05) is 6.92 Å². The third-order valence-corrected chi connectivity index (χ3v) is 2.07. The normalized spacial score (nSPS) is 17.8. The van der Waals surface area contributed by atoms with Crippen LogP contribution in [0, 0.1) is 5.92 Å². The average Bonchev–Trinajstić information content (AvgIpc) is 1.99. The van der Waals surface area contributed by atoms with Crippen molar-refractivity contribution in [1.29, 1.82) is 0 Å². The molecule has 78 valence electrons. The van der Waals surface area contributed by atoms with Crippen LogP contribution >= 0.6 is 0 Å². The Kier molecular flexibility index (Phi) is 5.66. The molecule has 0 saturated heterocycles. The van der Waals surface area contributed by atoms with Gasteiger partial charge in [0.25, 0.3) is 0 Å². The van der Waals surface area contributed by atoms with Gasteiger partial charge in [0.2, 0.25) is 0 Å². The monoisotopic (exact) mass is 190 g/mol. The summed E-state index contributed by atoms with van der Waals surface area (Å²) in [5.74, 6) is -2.20. The first-order chi connectivity index (χ1) is 6.00. The fourth-order valence-corrected chi connectivity index (χ4v) is 1.29. The number of carboxylic acid groups (broad SMARTS) is 1. The summed E-state index contributed by atoms with van der Waals surface area (Å²) in [6, 6.07) is 0. The Bertz CT molecular complexity index is 156. The van der Waals surface area contributed by atoms with E-state index < -0.39 is 24.1 Å². The maximum atomic E-state index is 10.6. The zero-order valence-corrected chi connectivity index (χ0v) is 8.10. The Morgan fingerprint density at radius 2 is 1.92 bits per heavy atom. The van der Waals surface area contributed by atoms with Gasteiger partial charge < -0.3 is 15.3 Å². The summed E-state index contributed by atoms with van der Waals surface area (Å²) in [4.78, 5) is 10.6. The van der Waals surface area contributed by atoms with E-state index >= 15 is 0 Å². The van der Waals surface area contributed by atoms with Crippen LogP contribution in [0.15, 0.2) is 0 Å². The van der Waals surface area contributed by atoms with Crippen LogP contribution < -0.4 is 0 Å². The van der Waals surface area contributed by atoms with Crippen molar-refractivity contribution in [2.45, 2.75) is 45.3 Å². The number of carboxylic acids is 1. The smallest absolute Gasteiger partial charge is 0.311 e. The van der Waals surface area contributed by atoms with E-state index in [0.29, 0.717) is 6.42 Å². The minimum absolute atomic E-state index is 0.429. The van der Waals surface area contributed by atoms with Gasteiger partial charge in [-0.2, -0.15) is 0 Å². The second-order valence-electron chi connectivity index (χ2n) is 3.31. The molecule has 0 aliphatic carbocycles. The van der Waals surface area contributed by atoms with Crippen LogP contribution in [0.4, 0.5) is 0 Å². The molecule has 4 heteroatoms. The van der Waals surface area contributed by atoms with Gasteiger partial charge in [-0.3, -0.25) is 4.79 Å². The number of carbonyl (C=O) groups is 1. The molecule has 0 aliphatic rings. The van der Waals surface area contributed by atoms with Gasteiger partial charge in [-0.1, -0.05) is 19.8 Å². The standard InChI is InChI=1S/C9H18O4/c1-3-4-5-7(11)8(6(2)10)9(12)13/h6-8,10-11H,3-5H2,1-2H3,(H,12,13). The van der Waals surface area contributed by atoms with Crippen molar-refractivity contribution >= 4 is 5.97 Å². The van der Waals surface area contributed by atoms with Crippen LogP contribution in [-0.4, -0.2) is 33.5 Å². The van der Waals surface area contributed by atoms with E-state index in [4.69, 9.17) is 10.2 Å². The lowest BCUT2D eigenvalue weighted by Gasteiger charge is -2.21. The molecule has 0 bridgehead atoms. The van der Waals surface area contributed by atoms with Crippen molar-refractivity contribution in [3.8, 4) is 0 Å². The van der Waals surface area contributed by atoms with Crippen LogP contribution in [0.25, 0.3) is 0 Å². The molecule has 0 aromatic rings. The van der Waals surface area contributed by atoms with E-state index in [2.05, 4.69) is 0 Å². The third kappa shape index (κ3) is 4.24. The summed E-state index contributed by atoms with van der Waals surface area (Å²) in [6.07, 6.45) is 0.154. The van der Waals surface area contributed by atoms with Crippen LogP contribution in [0.3, 0.4) is 0 Å². The van der Waals surface area contributed by atoms with Crippen LogP contribution in [0.5, 0.6) is 0 Å². The van der Waals surface area contributed by atoms with Crippen molar-refractivity contribution in [3.63, 3.8) is 0 Å². The number of aliphatic hydroxyl groups is 2. The molecule has 0 saturated carbocycles. The molecule has 0 amide bonds. The lowest BCUT2D eigenvalue weighted by atomic mass is 9.93. The molecule has 0 spiro atoms. The van der Waals surface area contributed by atoms with Crippen LogP contribution in [0.1, 0.15) is 33.1 Å². The Hall–Kier alpha value is -0.610. The zero-order valence-electron chi connectivity index (χ0n) is 8.10. The molecule has 4 nitrogen and oxygen atoms in total. The van der Waals surface area contributed by atoms with Gasteiger partial charge in [0, 0.05) is 0 Å². The zero-order chi connectivity index (χ0) is 10.4. The Balaban J connectivity index is 4.12. The van der Waals surface area contributed by atoms with E-state index in [9.17, 15) is 9.90 Å². The van der Waals surface area contributed by atoms with E-state index in [0.717, 1.165) is 12.8 Å². The summed E-state index contributed by atoms with van der Waals surface area (Å²) < 4.78 is 0. The molecule has 0 radical (unpaired) electrons. The molecule has 3 N–H and O–H groups in total. The van der Waals surface area contributed by atoms with Gasteiger partial charge >= 0.3 is 5.97 Å². The molecule has 0 fully saturated rings. The summed E-state index contributed by atoms with van der Waals surface area (Å²) in [5, 5.41) is 27.2. The number of hydrogen-bond acceptors (Lipinski definition) is 3. The highest BCUT2D eigenvalue weighted by molar-refractivity contribution is 5.71. The minimum atomic E-state index is -1.14. The lowest BCUT2D eigenvalue weighted by molar-refractivity contribution is -0.151. The predicted molar refractivity (Wildman–Crippen MR) is 48.3 cm³/mol. The fourth-order valence-electron chi connectivity index (χ4n) is 1.29. The molecular weight excluding hydrogens is 172 g/mol. The van der Waals surface area contributed by atoms with Crippen molar-refractivity contribution < 1.29 is 20.1 Å². The molecule has 3 atom stereocenters. The van der Waals surface area contributed by atoms with Crippen molar-refractivity contribution in [2.24, 2.45) is 5.92 Å². The minimum Gasteiger partial charge on any atom is -0.481 e. The Morgan fingerprint density at radius 1 is 1.38 bits per heavy atom. The van der Waals surface area contributed by atoms with E-state index in [1.54, 1.807) is 0 Å². The molecule has 0 aromatic carbocycles. The van der Waals surface area contributed by atoms with E-state index in [-0.39, 0.29) is 0 Å². The molecule has 0 aromatic heterocycles. The van der Waals surface area contributed by atoms with Gasteiger partial charge in [0.1, 0.15) is 5.92 Å². The van der Waals surface area contributed by atoms with Gasteiger partial charge in [0.15, 0.2) is 0 Å². The van der Waals surface area contributed by atoms with Gasteiger partial charge in [0.05, 0.1) is 12.2 Å². The second-order valence-corrected chi connectivity index (χ2v) is 3.31. The van der Waals surface area contributed by atoms with Crippen molar-refractivity contribution in [3.05, 3.63) is 0 Å². The SMILES string of the molecule is CCCCC(O)C(C(=O)O)C(C)O. The first kappa shape index (κ1) is 12.4. The number of hydrogen-bond donors (Lipinski definition) is 3. The molecular formula is C9H18O4. The van der Waals surface area contributed by atoms with Gasteiger partial charge in [-0.05, 0) is 13.3 Å². The highest BCUT2D eigenvalue weighted by Crippen LogP contribution is 2.15. The molecule has 13 heavy (non-hydrogen) atoms. The average molecular weight is 190 g/mol. The molecule has 3 unspecified atom stereocenters. The van der Waals surface area contributed by atoms with Crippen LogP contribution in [0.2, 0.25) is 0 Å². The number of aliphatic carboxylic acids is 1. The van der Waals surface area contributed by atoms with Gasteiger partial charge in [-0.25, -0.2) is 0 Å². The Morgan fingerprint density at radius 3 is 2.23 bits per heavy atom. The number of aliphatic hydroxyl groups excluding tert-OH is 2. The summed E-state index contributed by atoms with van der Waals surface area (Å²) in [5.41, 5.74) is 0. The fraction of sp³-hybridized carbons (Fsp3) is 0.889. The second kappa shape index (κ2) is 5.94. The van der Waals surface area contributed by atoms with Crippen molar-refractivity contribution in [2.75, 3.05) is 0 Å². The maximum Gasteiger partial charge on any atom is 0.311 e. The topological polar surface area (TPSA) is 77.8 Å². The highest BCUT2D eigenvalue weighted by Gasteiger charge is 2.30. The first-order valence-electron chi connectivity index (χ1n) is 4.59. The first-order valence-corrected chi connectivity index (χ1v) is 4.59. The quantitative estimate of drug-likeness (QED) is 0.573. The number of rotatable bonds is 6. The third-order valence-electron chi connectivity index (χ3n) is 2.07. The predicted octanol–water partition coefficient (Wildman–Crippen LogP) is 0.619. The Labute approximate surface area is 78.2 Å². The molecule has 0 aliphatic heterocycles. The summed E-state index contributed by atoms with van der Waals surface area (Å²) >= 11 is 0. The number of unbranched alkanes of at least 4 members (excludes halogenated alkanes) is 1. The van der Waals surface area contributed by atoms with E-state index in [1.165, 1.54) is 6.92 Å².